The van der Waals surface area contributed by atoms with Gasteiger partial charge in [0.15, 0.2) is 0 Å². The molecule has 0 radical (unpaired) electrons. The van der Waals surface area contributed by atoms with Gasteiger partial charge in [0.25, 0.3) is 0 Å². The zero-order chi connectivity index (χ0) is 14.0. The number of halogens is 1. The summed E-state index contributed by atoms with van der Waals surface area (Å²) in [7, 11) is 0. The molecule has 3 rings (SSSR count). The number of aromatic nitrogens is 1. The van der Waals surface area contributed by atoms with Crippen molar-refractivity contribution >= 4 is 0 Å². The average Bonchev–Trinajstić information content (AvgIpc) is 2.49. The summed E-state index contributed by atoms with van der Waals surface area (Å²) in [6.45, 7) is 0. The number of pyridine rings is 1. The first-order valence-electron chi connectivity index (χ1n) is 8.10. The van der Waals surface area contributed by atoms with Crippen molar-refractivity contribution in [2.75, 3.05) is 0 Å². The molecule has 110 valence electrons. The minimum atomic E-state index is -0.366. The fourth-order valence-electron chi connectivity index (χ4n) is 4.44. The number of rotatable bonds is 2. The maximum absolute atomic E-state index is 13.5. The zero-order valence-electron chi connectivity index (χ0n) is 12.2. The summed E-state index contributed by atoms with van der Waals surface area (Å²) >= 11 is 0. The van der Waals surface area contributed by atoms with Gasteiger partial charge in [-0.1, -0.05) is 44.9 Å². The molecule has 1 aromatic rings. The summed E-state index contributed by atoms with van der Waals surface area (Å²) in [5, 5.41) is 0. The summed E-state index contributed by atoms with van der Waals surface area (Å²) in [6, 6.07) is 1.61. The molecule has 1 aromatic heterocycles. The van der Waals surface area contributed by atoms with E-state index in [4.69, 9.17) is 5.73 Å². The molecule has 3 heteroatoms. The van der Waals surface area contributed by atoms with E-state index in [9.17, 15) is 4.39 Å². The highest BCUT2D eigenvalue weighted by atomic mass is 19.1. The third-order valence-corrected chi connectivity index (χ3v) is 5.48. The Bertz CT molecular complexity index is 456. The van der Waals surface area contributed by atoms with E-state index in [0.717, 1.165) is 24.3 Å². The molecular formula is C17H25FN2. The molecule has 20 heavy (non-hydrogen) atoms. The molecule has 2 saturated carbocycles. The van der Waals surface area contributed by atoms with Gasteiger partial charge in [0.05, 0.1) is 6.20 Å². The van der Waals surface area contributed by atoms with Crippen LogP contribution in [0.4, 0.5) is 4.39 Å². The van der Waals surface area contributed by atoms with Crippen LogP contribution in [0, 0.1) is 17.7 Å². The summed E-state index contributed by atoms with van der Waals surface area (Å²) in [5.41, 5.74) is 7.36. The van der Waals surface area contributed by atoms with Crippen molar-refractivity contribution in [2.45, 2.75) is 63.3 Å². The van der Waals surface area contributed by atoms with Crippen LogP contribution in [0.25, 0.3) is 0 Å². The smallest absolute Gasteiger partial charge is 0.141 e. The normalized spacial score (nSPS) is 32.2. The van der Waals surface area contributed by atoms with Crippen molar-refractivity contribution in [1.29, 1.82) is 0 Å². The van der Waals surface area contributed by atoms with Crippen LogP contribution >= 0.6 is 0 Å². The molecule has 2 N–H and O–H groups in total. The fourth-order valence-corrected chi connectivity index (χ4v) is 4.44. The predicted molar refractivity (Wildman–Crippen MR) is 78.6 cm³/mol. The lowest BCUT2D eigenvalue weighted by atomic mass is 9.62. The van der Waals surface area contributed by atoms with E-state index in [2.05, 4.69) is 4.98 Å². The van der Waals surface area contributed by atoms with Gasteiger partial charge in [0, 0.05) is 11.7 Å². The molecule has 2 unspecified atom stereocenters. The zero-order valence-corrected chi connectivity index (χ0v) is 12.2. The molecule has 0 saturated heterocycles. The monoisotopic (exact) mass is 276 g/mol. The second-order valence-corrected chi connectivity index (χ2v) is 6.68. The molecule has 2 atom stereocenters. The summed E-state index contributed by atoms with van der Waals surface area (Å²) < 4.78 is 13.5. The molecule has 2 aliphatic carbocycles. The lowest BCUT2D eigenvalue weighted by Crippen LogP contribution is -2.49. The molecule has 0 spiro atoms. The van der Waals surface area contributed by atoms with E-state index in [-0.39, 0.29) is 11.4 Å². The number of nitrogens with zero attached hydrogens (tertiary/aromatic N) is 1. The minimum absolute atomic E-state index is 0.264. The third kappa shape index (κ3) is 2.60. The molecule has 2 nitrogen and oxygen atoms in total. The van der Waals surface area contributed by atoms with Crippen LogP contribution in [-0.4, -0.2) is 4.98 Å². The van der Waals surface area contributed by atoms with Gasteiger partial charge in [-0.05, 0) is 36.3 Å². The van der Waals surface area contributed by atoms with E-state index in [1.54, 1.807) is 12.3 Å². The maximum Gasteiger partial charge on any atom is 0.141 e. The Kier molecular flexibility index (Phi) is 4.06. The lowest BCUT2D eigenvalue weighted by Gasteiger charge is -2.46. The molecule has 1 heterocycles. The highest BCUT2D eigenvalue weighted by Crippen LogP contribution is 2.47. The first kappa shape index (κ1) is 14.0. The van der Waals surface area contributed by atoms with E-state index in [0.29, 0.717) is 5.92 Å². The van der Waals surface area contributed by atoms with Crippen molar-refractivity contribution in [3.63, 3.8) is 0 Å². The van der Waals surface area contributed by atoms with Crippen molar-refractivity contribution in [2.24, 2.45) is 17.6 Å². The average molecular weight is 276 g/mol. The Labute approximate surface area is 121 Å². The Hall–Kier alpha value is -0.960. The molecule has 2 fully saturated rings. The predicted octanol–water partition coefficient (Wildman–Crippen LogP) is 4.15. The second kappa shape index (κ2) is 5.80. The summed E-state index contributed by atoms with van der Waals surface area (Å²) in [5.74, 6) is 0.956. The van der Waals surface area contributed by atoms with Crippen LogP contribution in [0.15, 0.2) is 18.5 Å². The van der Waals surface area contributed by atoms with Crippen LogP contribution in [0.1, 0.15) is 63.4 Å². The SMILES string of the molecule is NC1(c2cncc(F)c2)CCCCC1C1CCCCC1. The summed E-state index contributed by atoms with van der Waals surface area (Å²) in [4.78, 5) is 4.03. The van der Waals surface area contributed by atoms with E-state index >= 15 is 0 Å². The van der Waals surface area contributed by atoms with Crippen LogP contribution < -0.4 is 5.73 Å². The Morgan fingerprint density at radius 1 is 1.05 bits per heavy atom. The highest BCUT2D eigenvalue weighted by molar-refractivity contribution is 5.23. The van der Waals surface area contributed by atoms with Gasteiger partial charge in [-0.25, -0.2) is 4.39 Å². The van der Waals surface area contributed by atoms with Gasteiger partial charge in [-0.15, -0.1) is 0 Å². The van der Waals surface area contributed by atoms with Crippen molar-refractivity contribution in [1.82, 2.24) is 4.98 Å². The van der Waals surface area contributed by atoms with Crippen LogP contribution in [-0.2, 0) is 5.54 Å². The molecule has 0 aromatic carbocycles. The summed E-state index contributed by atoms with van der Waals surface area (Å²) in [6.07, 6.45) is 14.3. The van der Waals surface area contributed by atoms with Gasteiger partial charge in [0.1, 0.15) is 5.82 Å². The number of nitrogens with two attached hydrogens (primary N) is 1. The largest absolute Gasteiger partial charge is 0.321 e. The van der Waals surface area contributed by atoms with Crippen LogP contribution in [0.5, 0.6) is 0 Å². The standard InChI is InChI=1S/C17H25FN2/c18-15-10-14(11-20-12-15)17(19)9-5-4-8-16(17)13-6-2-1-3-7-13/h10-13,16H,1-9,19H2. The van der Waals surface area contributed by atoms with Gasteiger partial charge < -0.3 is 5.73 Å². The molecule has 0 amide bonds. The maximum atomic E-state index is 13.5. The van der Waals surface area contributed by atoms with Crippen LogP contribution in [0.2, 0.25) is 0 Å². The third-order valence-electron chi connectivity index (χ3n) is 5.48. The van der Waals surface area contributed by atoms with Crippen molar-refractivity contribution in [3.05, 3.63) is 29.8 Å². The Morgan fingerprint density at radius 3 is 2.55 bits per heavy atom. The Balaban J connectivity index is 1.90. The molecular weight excluding hydrogens is 251 g/mol. The Morgan fingerprint density at radius 2 is 1.80 bits per heavy atom. The number of hydrogen-bond acceptors (Lipinski definition) is 2. The fraction of sp³-hybridized carbons (Fsp3) is 0.706. The van der Waals surface area contributed by atoms with E-state index in [1.807, 2.05) is 0 Å². The molecule has 2 aliphatic rings. The van der Waals surface area contributed by atoms with Gasteiger partial charge in [-0.2, -0.15) is 0 Å². The van der Waals surface area contributed by atoms with Gasteiger partial charge in [0.2, 0.25) is 0 Å². The quantitative estimate of drug-likeness (QED) is 0.881. The molecule has 0 aliphatic heterocycles. The first-order valence-corrected chi connectivity index (χ1v) is 8.10. The van der Waals surface area contributed by atoms with Crippen LogP contribution in [0.3, 0.4) is 0 Å². The van der Waals surface area contributed by atoms with Gasteiger partial charge >= 0.3 is 0 Å². The minimum Gasteiger partial charge on any atom is -0.321 e. The topological polar surface area (TPSA) is 38.9 Å². The first-order chi connectivity index (χ1) is 9.70. The van der Waals surface area contributed by atoms with Gasteiger partial charge in [-0.3, -0.25) is 4.98 Å². The second-order valence-electron chi connectivity index (χ2n) is 6.68. The number of hydrogen-bond donors (Lipinski definition) is 1. The van der Waals surface area contributed by atoms with E-state index < -0.39 is 0 Å². The lowest BCUT2D eigenvalue weighted by molar-refractivity contribution is 0.0981. The van der Waals surface area contributed by atoms with Crippen molar-refractivity contribution in [3.8, 4) is 0 Å². The van der Waals surface area contributed by atoms with E-state index in [1.165, 1.54) is 51.1 Å². The highest BCUT2D eigenvalue weighted by Gasteiger charge is 2.43. The van der Waals surface area contributed by atoms with Crippen molar-refractivity contribution < 1.29 is 4.39 Å². The molecule has 0 bridgehead atoms.